The fourth-order valence-electron chi connectivity index (χ4n) is 2.87. The fraction of sp³-hybridized carbons (Fsp3) is 0.318. The summed E-state index contributed by atoms with van der Waals surface area (Å²) in [5.41, 5.74) is 2.30. The highest BCUT2D eigenvalue weighted by Gasteiger charge is 2.19. The number of benzene rings is 1. The van der Waals surface area contributed by atoms with Crippen molar-refractivity contribution in [2.75, 3.05) is 6.54 Å². The first-order valence-electron chi connectivity index (χ1n) is 9.79. The summed E-state index contributed by atoms with van der Waals surface area (Å²) in [6.45, 7) is 4.86. The number of carbonyl (C=O) groups is 2. The summed E-state index contributed by atoms with van der Waals surface area (Å²) >= 11 is 1.55. The van der Waals surface area contributed by atoms with Gasteiger partial charge in [0, 0.05) is 25.2 Å². The molecule has 2 heterocycles. The molecule has 0 radical (unpaired) electrons. The zero-order chi connectivity index (χ0) is 20.6. The molecule has 1 atom stereocenters. The highest BCUT2D eigenvalue weighted by Crippen LogP contribution is 2.27. The first kappa shape index (κ1) is 20.8. The van der Waals surface area contributed by atoms with Crippen molar-refractivity contribution in [3.8, 4) is 10.6 Å². The van der Waals surface area contributed by atoms with Gasteiger partial charge in [-0.2, -0.15) is 5.10 Å². The van der Waals surface area contributed by atoms with Gasteiger partial charge in [-0.05, 0) is 30.4 Å². The van der Waals surface area contributed by atoms with Gasteiger partial charge < -0.3 is 10.6 Å². The van der Waals surface area contributed by atoms with E-state index < -0.39 is 0 Å². The predicted molar refractivity (Wildman–Crippen MR) is 116 cm³/mol. The van der Waals surface area contributed by atoms with E-state index in [1.165, 1.54) is 0 Å². The van der Waals surface area contributed by atoms with Crippen LogP contribution in [0, 0.1) is 0 Å². The minimum atomic E-state index is -0.218. The van der Waals surface area contributed by atoms with Crippen molar-refractivity contribution in [2.45, 2.75) is 39.3 Å². The SMILES string of the molecule is CCC(C)NC(=O)CCNC(=O)c1cn(Cc2ccccc2)nc1-c1cccs1. The summed E-state index contributed by atoms with van der Waals surface area (Å²) < 4.78 is 1.79. The molecule has 6 nitrogen and oxygen atoms in total. The Labute approximate surface area is 175 Å². The summed E-state index contributed by atoms with van der Waals surface area (Å²) in [7, 11) is 0. The lowest BCUT2D eigenvalue weighted by Gasteiger charge is -2.11. The Morgan fingerprint density at radius 2 is 1.97 bits per heavy atom. The van der Waals surface area contributed by atoms with Crippen LogP contribution in [0.2, 0.25) is 0 Å². The topological polar surface area (TPSA) is 76.0 Å². The van der Waals surface area contributed by atoms with Crippen LogP contribution in [-0.2, 0) is 11.3 Å². The minimum absolute atomic E-state index is 0.0575. The number of nitrogens with zero attached hydrogens (tertiary/aromatic N) is 2. The van der Waals surface area contributed by atoms with Gasteiger partial charge in [0.05, 0.1) is 17.0 Å². The van der Waals surface area contributed by atoms with Crippen molar-refractivity contribution in [1.29, 1.82) is 0 Å². The number of amides is 2. The van der Waals surface area contributed by atoms with E-state index in [1.54, 1.807) is 22.2 Å². The van der Waals surface area contributed by atoms with Crippen molar-refractivity contribution >= 4 is 23.2 Å². The molecule has 3 rings (SSSR count). The molecule has 1 aromatic carbocycles. The second-order valence-electron chi connectivity index (χ2n) is 6.93. The van der Waals surface area contributed by atoms with Crippen molar-refractivity contribution in [1.82, 2.24) is 20.4 Å². The predicted octanol–water partition coefficient (Wildman–Crippen LogP) is 3.69. The molecule has 7 heteroatoms. The maximum atomic E-state index is 12.8. The lowest BCUT2D eigenvalue weighted by molar-refractivity contribution is -0.121. The third kappa shape index (κ3) is 5.77. The van der Waals surface area contributed by atoms with Crippen LogP contribution in [0.3, 0.4) is 0 Å². The Balaban J connectivity index is 1.69. The molecule has 2 aromatic heterocycles. The molecule has 0 bridgehead atoms. The summed E-state index contributed by atoms with van der Waals surface area (Å²) in [6.07, 6.45) is 2.90. The van der Waals surface area contributed by atoms with Gasteiger partial charge in [-0.15, -0.1) is 11.3 Å². The second-order valence-corrected chi connectivity index (χ2v) is 7.88. The van der Waals surface area contributed by atoms with E-state index in [9.17, 15) is 9.59 Å². The average molecular weight is 411 g/mol. The monoisotopic (exact) mass is 410 g/mol. The van der Waals surface area contributed by atoms with Crippen LogP contribution in [0.1, 0.15) is 42.6 Å². The highest BCUT2D eigenvalue weighted by molar-refractivity contribution is 7.13. The van der Waals surface area contributed by atoms with Gasteiger partial charge >= 0.3 is 0 Å². The zero-order valence-electron chi connectivity index (χ0n) is 16.7. The Hall–Kier alpha value is -2.93. The van der Waals surface area contributed by atoms with Crippen LogP contribution in [-0.4, -0.2) is 34.2 Å². The summed E-state index contributed by atoms with van der Waals surface area (Å²) in [5.74, 6) is -0.276. The fourth-order valence-corrected chi connectivity index (χ4v) is 3.59. The Kier molecular flexibility index (Phi) is 7.19. The van der Waals surface area contributed by atoms with Crippen LogP contribution in [0.25, 0.3) is 10.6 Å². The number of aromatic nitrogens is 2. The Bertz CT molecular complexity index is 935. The summed E-state index contributed by atoms with van der Waals surface area (Å²) in [5, 5.41) is 12.4. The minimum Gasteiger partial charge on any atom is -0.354 e. The molecule has 29 heavy (non-hydrogen) atoms. The molecule has 2 amide bonds. The first-order valence-corrected chi connectivity index (χ1v) is 10.7. The summed E-state index contributed by atoms with van der Waals surface area (Å²) in [6, 6.07) is 14.0. The van der Waals surface area contributed by atoms with Crippen LogP contribution in [0.5, 0.6) is 0 Å². The van der Waals surface area contributed by atoms with Crippen LogP contribution >= 0.6 is 11.3 Å². The molecule has 0 spiro atoms. The second kappa shape index (κ2) is 10.0. The van der Waals surface area contributed by atoms with Gasteiger partial charge in [-0.3, -0.25) is 14.3 Å². The lowest BCUT2D eigenvalue weighted by atomic mass is 10.2. The van der Waals surface area contributed by atoms with E-state index in [-0.39, 0.29) is 30.8 Å². The summed E-state index contributed by atoms with van der Waals surface area (Å²) in [4.78, 5) is 25.7. The van der Waals surface area contributed by atoms with Gasteiger partial charge in [-0.1, -0.05) is 43.3 Å². The quantitative estimate of drug-likeness (QED) is 0.565. The van der Waals surface area contributed by atoms with Gasteiger partial charge in [0.25, 0.3) is 5.91 Å². The number of thiophene rings is 1. The average Bonchev–Trinajstić information content (AvgIpc) is 3.38. The van der Waals surface area contributed by atoms with Gasteiger partial charge in [0.1, 0.15) is 5.69 Å². The third-order valence-electron chi connectivity index (χ3n) is 4.61. The zero-order valence-corrected chi connectivity index (χ0v) is 17.5. The standard InChI is InChI=1S/C22H26N4O2S/c1-3-16(2)24-20(27)11-12-23-22(28)18-15-26(14-17-8-5-4-6-9-17)25-21(18)19-10-7-13-29-19/h4-10,13,15-16H,3,11-12,14H2,1-2H3,(H,23,28)(H,24,27). The molecule has 0 fully saturated rings. The Morgan fingerprint density at radius 1 is 1.17 bits per heavy atom. The maximum absolute atomic E-state index is 12.8. The van der Waals surface area contributed by atoms with Crippen molar-refractivity contribution in [3.63, 3.8) is 0 Å². The normalized spacial score (nSPS) is 11.8. The molecule has 1 unspecified atom stereocenters. The van der Waals surface area contributed by atoms with E-state index >= 15 is 0 Å². The van der Waals surface area contributed by atoms with Gasteiger partial charge in [0.15, 0.2) is 0 Å². The van der Waals surface area contributed by atoms with Crippen molar-refractivity contribution in [3.05, 3.63) is 65.2 Å². The molecule has 152 valence electrons. The van der Waals surface area contributed by atoms with E-state index in [2.05, 4.69) is 15.7 Å². The molecule has 0 saturated heterocycles. The molecular formula is C22H26N4O2S. The molecule has 2 N–H and O–H groups in total. The molecule has 3 aromatic rings. The molecular weight excluding hydrogens is 384 g/mol. The first-order chi connectivity index (χ1) is 14.1. The molecule has 0 aliphatic rings. The third-order valence-corrected chi connectivity index (χ3v) is 5.48. The van der Waals surface area contributed by atoms with Crippen LogP contribution in [0.15, 0.2) is 54.0 Å². The Morgan fingerprint density at radius 3 is 2.66 bits per heavy atom. The number of rotatable bonds is 9. The molecule has 0 saturated carbocycles. The van der Waals surface area contributed by atoms with E-state index in [4.69, 9.17) is 0 Å². The van der Waals surface area contributed by atoms with E-state index in [0.29, 0.717) is 17.8 Å². The van der Waals surface area contributed by atoms with Crippen LogP contribution in [0.4, 0.5) is 0 Å². The van der Waals surface area contributed by atoms with Crippen LogP contribution < -0.4 is 10.6 Å². The van der Waals surface area contributed by atoms with E-state index in [1.807, 2.05) is 61.7 Å². The lowest BCUT2D eigenvalue weighted by Crippen LogP contribution is -2.35. The number of nitrogens with one attached hydrogen (secondary N) is 2. The molecule has 0 aliphatic heterocycles. The number of hydrogen-bond donors (Lipinski definition) is 2. The van der Waals surface area contributed by atoms with Crippen molar-refractivity contribution < 1.29 is 9.59 Å². The smallest absolute Gasteiger partial charge is 0.255 e. The molecule has 0 aliphatic carbocycles. The van der Waals surface area contributed by atoms with Gasteiger partial charge in [0.2, 0.25) is 5.91 Å². The van der Waals surface area contributed by atoms with Crippen molar-refractivity contribution in [2.24, 2.45) is 0 Å². The largest absolute Gasteiger partial charge is 0.354 e. The number of hydrogen-bond acceptors (Lipinski definition) is 4. The van der Waals surface area contributed by atoms with E-state index in [0.717, 1.165) is 16.9 Å². The highest BCUT2D eigenvalue weighted by atomic mass is 32.1. The van der Waals surface area contributed by atoms with Gasteiger partial charge in [-0.25, -0.2) is 0 Å². The number of carbonyl (C=O) groups excluding carboxylic acids is 2. The maximum Gasteiger partial charge on any atom is 0.255 e.